The Morgan fingerprint density at radius 2 is 1.68 bits per heavy atom. The molecule has 1 amide bonds. The fourth-order valence-corrected chi connectivity index (χ4v) is 4.36. The Kier molecular flexibility index (Phi) is 7.95. The van der Waals surface area contributed by atoms with E-state index in [0.29, 0.717) is 5.02 Å². The molecule has 3 aromatic carbocycles. The zero-order valence-corrected chi connectivity index (χ0v) is 21.6. The van der Waals surface area contributed by atoms with Crippen LogP contribution in [0, 0.1) is 19.8 Å². The molecule has 1 saturated heterocycles. The van der Waals surface area contributed by atoms with Gasteiger partial charge in [0.15, 0.2) is 12.4 Å². The van der Waals surface area contributed by atoms with E-state index in [4.69, 9.17) is 32.7 Å². The fourth-order valence-electron chi connectivity index (χ4n) is 3.87. The summed E-state index contributed by atoms with van der Waals surface area (Å²) in [5, 5.41) is 0.551. The van der Waals surface area contributed by atoms with E-state index in [1.807, 2.05) is 32.0 Å². The minimum atomic E-state index is -0.671. The summed E-state index contributed by atoms with van der Waals surface area (Å²) in [7, 11) is 0. The van der Waals surface area contributed by atoms with Crippen molar-refractivity contribution in [2.45, 2.75) is 20.3 Å². The zero-order chi connectivity index (χ0) is 26.7. The molecule has 0 saturated carbocycles. The second-order valence-electron chi connectivity index (χ2n) is 8.74. The fraction of sp³-hybridized carbons (Fsp3) is 0.214. The van der Waals surface area contributed by atoms with Gasteiger partial charge in [0.25, 0.3) is 0 Å². The number of esters is 2. The van der Waals surface area contributed by atoms with Gasteiger partial charge in [-0.1, -0.05) is 29.3 Å². The first kappa shape index (κ1) is 26.4. The van der Waals surface area contributed by atoms with Crippen molar-refractivity contribution in [2.24, 2.45) is 5.92 Å². The third-order valence-electron chi connectivity index (χ3n) is 6.14. The van der Waals surface area contributed by atoms with Crippen LogP contribution in [0.3, 0.4) is 0 Å². The molecular weight excluding hydrogens is 517 g/mol. The smallest absolute Gasteiger partial charge is 0.345 e. The maximum Gasteiger partial charge on any atom is 0.345 e. The summed E-state index contributed by atoms with van der Waals surface area (Å²) in [5.74, 6) is -2.30. The monoisotopic (exact) mass is 539 g/mol. The van der Waals surface area contributed by atoms with Crippen LogP contribution in [0.15, 0.2) is 60.7 Å². The van der Waals surface area contributed by atoms with Crippen molar-refractivity contribution in [3.8, 4) is 5.75 Å². The van der Waals surface area contributed by atoms with Crippen molar-refractivity contribution in [3.05, 3.63) is 93.0 Å². The first-order valence-electron chi connectivity index (χ1n) is 11.5. The highest BCUT2D eigenvalue weighted by molar-refractivity contribution is 6.36. The van der Waals surface area contributed by atoms with Crippen LogP contribution in [-0.2, 0) is 14.3 Å². The summed E-state index contributed by atoms with van der Waals surface area (Å²) < 4.78 is 10.5. The molecule has 1 heterocycles. The number of halogens is 2. The van der Waals surface area contributed by atoms with Gasteiger partial charge in [-0.2, -0.15) is 0 Å². The van der Waals surface area contributed by atoms with E-state index in [1.165, 1.54) is 42.5 Å². The number of carbonyl (C=O) groups is 4. The van der Waals surface area contributed by atoms with Crippen LogP contribution >= 0.6 is 23.2 Å². The van der Waals surface area contributed by atoms with Crippen molar-refractivity contribution < 1.29 is 28.7 Å². The molecule has 0 aliphatic carbocycles. The van der Waals surface area contributed by atoms with Gasteiger partial charge in [0.05, 0.1) is 16.5 Å². The number of ketones is 1. The second kappa shape index (κ2) is 11.2. The topological polar surface area (TPSA) is 90.0 Å². The van der Waals surface area contributed by atoms with Crippen molar-refractivity contribution in [1.29, 1.82) is 0 Å². The quantitative estimate of drug-likeness (QED) is 0.220. The van der Waals surface area contributed by atoms with Gasteiger partial charge in [0, 0.05) is 29.2 Å². The van der Waals surface area contributed by atoms with Gasteiger partial charge in [-0.05, 0) is 79.6 Å². The van der Waals surface area contributed by atoms with E-state index in [-0.39, 0.29) is 40.8 Å². The molecule has 7 nitrogen and oxygen atoms in total. The molecule has 9 heteroatoms. The number of hydrogen-bond donors (Lipinski definition) is 0. The number of benzene rings is 3. The van der Waals surface area contributed by atoms with Crippen LogP contribution in [0.2, 0.25) is 10.0 Å². The lowest BCUT2D eigenvalue weighted by molar-refractivity contribution is -0.147. The highest BCUT2D eigenvalue weighted by atomic mass is 35.5. The first-order chi connectivity index (χ1) is 17.6. The molecule has 1 aliphatic rings. The minimum absolute atomic E-state index is 0.0254. The van der Waals surface area contributed by atoms with Crippen LogP contribution in [0.25, 0.3) is 0 Å². The van der Waals surface area contributed by atoms with Gasteiger partial charge in [-0.15, -0.1) is 0 Å². The summed E-state index contributed by atoms with van der Waals surface area (Å²) in [6.45, 7) is 3.68. The Labute approximate surface area is 223 Å². The number of hydrogen-bond acceptors (Lipinski definition) is 6. The first-order valence-corrected chi connectivity index (χ1v) is 12.2. The number of aryl methyl sites for hydroxylation is 2. The van der Waals surface area contributed by atoms with Gasteiger partial charge in [-0.25, -0.2) is 4.79 Å². The predicted molar refractivity (Wildman–Crippen MR) is 140 cm³/mol. The van der Waals surface area contributed by atoms with Crippen LogP contribution < -0.4 is 9.64 Å². The molecule has 37 heavy (non-hydrogen) atoms. The largest absolute Gasteiger partial charge is 0.457 e. The van der Waals surface area contributed by atoms with Gasteiger partial charge in [-0.3, -0.25) is 14.4 Å². The van der Waals surface area contributed by atoms with Crippen LogP contribution in [0.4, 0.5) is 5.69 Å². The molecule has 0 radical (unpaired) electrons. The Hall–Kier alpha value is -3.68. The van der Waals surface area contributed by atoms with Crippen molar-refractivity contribution >= 4 is 52.5 Å². The normalized spacial score (nSPS) is 15.0. The number of amides is 1. The molecule has 1 fully saturated rings. The van der Waals surface area contributed by atoms with Crippen LogP contribution in [-0.4, -0.2) is 36.8 Å². The van der Waals surface area contributed by atoms with Gasteiger partial charge < -0.3 is 14.4 Å². The molecular formula is C28H23Cl2NO6. The minimum Gasteiger partial charge on any atom is -0.457 e. The van der Waals surface area contributed by atoms with Crippen molar-refractivity contribution in [3.63, 3.8) is 0 Å². The van der Waals surface area contributed by atoms with Gasteiger partial charge in [0.1, 0.15) is 5.75 Å². The number of anilines is 1. The van der Waals surface area contributed by atoms with E-state index in [2.05, 4.69) is 0 Å². The summed E-state index contributed by atoms with van der Waals surface area (Å²) in [6.07, 6.45) is 0.0254. The molecule has 0 bridgehead atoms. The van der Waals surface area contributed by atoms with Gasteiger partial charge in [0.2, 0.25) is 5.91 Å². The maximum atomic E-state index is 12.6. The van der Waals surface area contributed by atoms with Gasteiger partial charge >= 0.3 is 11.9 Å². The van der Waals surface area contributed by atoms with E-state index in [1.54, 1.807) is 4.90 Å². The molecule has 0 aromatic heterocycles. The lowest BCUT2D eigenvalue weighted by atomic mass is 10.1. The molecule has 1 atom stereocenters. The number of Topliss-reactive ketones (excluding diaryl/α,β-unsaturated/α-hetero) is 1. The lowest BCUT2D eigenvalue weighted by Gasteiger charge is -2.17. The highest BCUT2D eigenvalue weighted by Crippen LogP contribution is 2.28. The third-order valence-corrected chi connectivity index (χ3v) is 6.69. The number of rotatable bonds is 7. The molecule has 3 aromatic rings. The SMILES string of the molecule is Cc1ccc(N2C[C@H](C(=O)OCC(=O)c3ccc(OC(=O)c4ccc(Cl)cc4Cl)cc3)CC2=O)cc1C. The van der Waals surface area contributed by atoms with Crippen LogP contribution in [0.5, 0.6) is 5.75 Å². The lowest BCUT2D eigenvalue weighted by Crippen LogP contribution is -2.27. The molecule has 0 spiro atoms. The molecule has 4 rings (SSSR count). The highest BCUT2D eigenvalue weighted by Gasteiger charge is 2.36. The zero-order valence-electron chi connectivity index (χ0n) is 20.1. The average molecular weight is 540 g/mol. The van der Waals surface area contributed by atoms with E-state index < -0.39 is 30.2 Å². The Balaban J connectivity index is 1.30. The van der Waals surface area contributed by atoms with Crippen molar-refractivity contribution in [1.82, 2.24) is 0 Å². The van der Waals surface area contributed by atoms with Crippen molar-refractivity contribution in [2.75, 3.05) is 18.1 Å². The summed E-state index contributed by atoms with van der Waals surface area (Å²) in [6, 6.07) is 15.9. The van der Waals surface area contributed by atoms with E-state index >= 15 is 0 Å². The molecule has 0 unspecified atom stereocenters. The predicted octanol–water partition coefficient (Wildman–Crippen LogP) is 5.61. The summed E-state index contributed by atoms with van der Waals surface area (Å²) in [5.41, 5.74) is 3.33. The van der Waals surface area contributed by atoms with E-state index in [0.717, 1.165) is 16.8 Å². The number of nitrogens with zero attached hydrogens (tertiary/aromatic N) is 1. The Bertz CT molecular complexity index is 1390. The molecule has 0 N–H and O–H groups in total. The number of ether oxygens (including phenoxy) is 2. The second-order valence-corrected chi connectivity index (χ2v) is 9.59. The third kappa shape index (κ3) is 6.18. The summed E-state index contributed by atoms with van der Waals surface area (Å²) >= 11 is 11.9. The Morgan fingerprint density at radius 1 is 0.946 bits per heavy atom. The molecule has 1 aliphatic heterocycles. The Morgan fingerprint density at radius 3 is 2.35 bits per heavy atom. The van der Waals surface area contributed by atoms with Crippen LogP contribution in [0.1, 0.15) is 38.3 Å². The van der Waals surface area contributed by atoms with E-state index in [9.17, 15) is 19.2 Å². The summed E-state index contributed by atoms with van der Waals surface area (Å²) in [4.78, 5) is 51.5. The standard InChI is InChI=1S/C28H23Cl2NO6/c1-16-3-7-21(11-17(16)2)31-14-19(12-26(31)33)27(34)36-15-25(32)18-4-8-22(9-5-18)37-28(35)23-10-6-20(29)13-24(23)30/h3-11,13,19H,12,14-15H2,1-2H3/t19-/m1/s1. The average Bonchev–Trinajstić information content (AvgIpc) is 3.26. The number of carbonyl (C=O) groups excluding carboxylic acids is 4. The molecule has 190 valence electrons. The maximum absolute atomic E-state index is 12.6.